The number of amides is 1. The Kier molecular flexibility index (Phi) is 8.88. The van der Waals surface area contributed by atoms with Gasteiger partial charge in [-0.25, -0.2) is 9.59 Å². The highest BCUT2D eigenvalue weighted by Gasteiger charge is 2.52. The highest BCUT2D eigenvalue weighted by Crippen LogP contribution is 2.30. The van der Waals surface area contributed by atoms with Gasteiger partial charge in [0.15, 0.2) is 5.78 Å². The molecule has 28 heavy (non-hydrogen) atoms. The van der Waals surface area contributed by atoms with Gasteiger partial charge in [-0.15, -0.1) is 0 Å². The molecule has 5 N–H and O–H groups in total. The Hall–Kier alpha value is -1.67. The fraction of sp³-hybridized carbons (Fsp3) is 0.850. The highest BCUT2D eigenvalue weighted by molar-refractivity contribution is 6.10. The molecule has 0 bridgehead atoms. The fourth-order valence-electron chi connectivity index (χ4n) is 3.67. The zero-order chi connectivity index (χ0) is 21.5. The van der Waals surface area contributed by atoms with Crippen LogP contribution < -0.4 is 11.1 Å². The van der Waals surface area contributed by atoms with Gasteiger partial charge < -0.3 is 26.0 Å². The van der Waals surface area contributed by atoms with E-state index >= 15 is 0 Å². The van der Waals surface area contributed by atoms with Crippen LogP contribution in [0.1, 0.15) is 79.1 Å². The molecule has 2 unspecified atom stereocenters. The fourth-order valence-corrected chi connectivity index (χ4v) is 3.67. The molecule has 0 aliphatic heterocycles. The van der Waals surface area contributed by atoms with Gasteiger partial charge in [-0.2, -0.15) is 0 Å². The first-order chi connectivity index (χ1) is 12.9. The van der Waals surface area contributed by atoms with Crippen molar-refractivity contribution in [3.63, 3.8) is 0 Å². The topological polar surface area (TPSA) is 139 Å². The molecule has 0 aromatic heterocycles. The summed E-state index contributed by atoms with van der Waals surface area (Å²) in [4.78, 5) is 37.0. The second-order valence-corrected chi connectivity index (χ2v) is 8.77. The Labute approximate surface area is 167 Å². The van der Waals surface area contributed by atoms with Gasteiger partial charge in [0.1, 0.15) is 5.60 Å². The van der Waals surface area contributed by atoms with Crippen molar-refractivity contribution < 1.29 is 29.3 Å². The monoisotopic (exact) mass is 400 g/mol. The van der Waals surface area contributed by atoms with Crippen LogP contribution in [-0.2, 0) is 14.3 Å². The van der Waals surface area contributed by atoms with Crippen LogP contribution in [0.15, 0.2) is 0 Å². The van der Waals surface area contributed by atoms with Crippen LogP contribution >= 0.6 is 0 Å². The Balaban J connectivity index is 2.97. The van der Waals surface area contributed by atoms with E-state index in [1.54, 1.807) is 27.7 Å². The standard InChI is InChI=1S/C20H36N2O6/c1-5-9-14(22-18(26)28-19(2,3)4)16(23)20(27,17(24)25)15(21)12-13-10-7-6-8-11-13/h13-15,27H,5-12,21H2,1-4H3,(H,22,26)(H,24,25)/t14-,15?,20?/m0/s1. The lowest BCUT2D eigenvalue weighted by molar-refractivity contribution is -0.169. The summed E-state index contributed by atoms with van der Waals surface area (Å²) in [5.74, 6) is -2.50. The molecule has 8 heteroatoms. The number of carbonyl (C=O) groups is 3. The molecule has 3 atom stereocenters. The number of hydrogen-bond acceptors (Lipinski definition) is 6. The number of aliphatic hydroxyl groups is 1. The lowest BCUT2D eigenvalue weighted by Crippen LogP contribution is -2.65. The Morgan fingerprint density at radius 1 is 1.18 bits per heavy atom. The number of nitrogens with one attached hydrogen (secondary N) is 1. The normalized spacial score (nSPS) is 19.9. The third-order valence-electron chi connectivity index (χ3n) is 5.14. The second-order valence-electron chi connectivity index (χ2n) is 8.77. The molecule has 0 spiro atoms. The van der Waals surface area contributed by atoms with Gasteiger partial charge in [-0.1, -0.05) is 45.4 Å². The van der Waals surface area contributed by atoms with Gasteiger partial charge in [0.2, 0.25) is 5.60 Å². The molecule has 0 aromatic carbocycles. The van der Waals surface area contributed by atoms with Crippen molar-refractivity contribution in [3.8, 4) is 0 Å². The number of hydrogen-bond donors (Lipinski definition) is 4. The summed E-state index contributed by atoms with van der Waals surface area (Å²) >= 11 is 0. The molecule has 162 valence electrons. The maximum atomic E-state index is 13.0. The molecule has 0 heterocycles. The first kappa shape index (κ1) is 24.4. The number of rotatable bonds is 9. The Morgan fingerprint density at radius 3 is 2.21 bits per heavy atom. The summed E-state index contributed by atoms with van der Waals surface area (Å²) in [6.07, 6.45) is 5.10. The number of carboxylic acid groups (broad SMARTS) is 1. The average molecular weight is 401 g/mol. The van der Waals surface area contributed by atoms with Crippen LogP contribution in [0.5, 0.6) is 0 Å². The van der Waals surface area contributed by atoms with Crippen molar-refractivity contribution in [2.75, 3.05) is 0 Å². The third kappa shape index (κ3) is 6.74. The van der Waals surface area contributed by atoms with Crippen molar-refractivity contribution in [1.82, 2.24) is 5.32 Å². The lowest BCUT2D eigenvalue weighted by atomic mass is 9.77. The molecule has 1 aliphatic carbocycles. The van der Waals surface area contributed by atoms with E-state index in [4.69, 9.17) is 10.5 Å². The van der Waals surface area contributed by atoms with Crippen molar-refractivity contribution in [2.45, 2.75) is 102 Å². The Bertz CT molecular complexity index is 553. The van der Waals surface area contributed by atoms with E-state index in [9.17, 15) is 24.6 Å². The molecule has 1 amide bonds. The van der Waals surface area contributed by atoms with E-state index < -0.39 is 41.1 Å². The third-order valence-corrected chi connectivity index (χ3v) is 5.14. The summed E-state index contributed by atoms with van der Waals surface area (Å²) in [7, 11) is 0. The molecule has 0 radical (unpaired) electrons. The van der Waals surface area contributed by atoms with Crippen LogP contribution in [0.3, 0.4) is 0 Å². The molecule has 1 rings (SSSR count). The number of nitrogens with two attached hydrogens (primary N) is 1. The van der Waals surface area contributed by atoms with Gasteiger partial charge >= 0.3 is 12.1 Å². The van der Waals surface area contributed by atoms with E-state index in [-0.39, 0.29) is 18.8 Å². The van der Waals surface area contributed by atoms with Crippen LogP contribution in [-0.4, -0.2) is 51.3 Å². The first-order valence-corrected chi connectivity index (χ1v) is 10.2. The van der Waals surface area contributed by atoms with Crippen LogP contribution in [0.2, 0.25) is 0 Å². The van der Waals surface area contributed by atoms with Crippen molar-refractivity contribution in [1.29, 1.82) is 0 Å². The number of carbonyl (C=O) groups excluding carboxylic acids is 2. The van der Waals surface area contributed by atoms with Crippen molar-refractivity contribution in [3.05, 3.63) is 0 Å². The van der Waals surface area contributed by atoms with Gasteiger partial charge in [0.25, 0.3) is 0 Å². The van der Waals surface area contributed by atoms with Gasteiger partial charge in [0, 0.05) is 0 Å². The average Bonchev–Trinajstić information content (AvgIpc) is 2.59. The lowest BCUT2D eigenvalue weighted by Gasteiger charge is -2.34. The van der Waals surface area contributed by atoms with E-state index in [0.717, 1.165) is 32.1 Å². The zero-order valence-corrected chi connectivity index (χ0v) is 17.5. The molecule has 8 nitrogen and oxygen atoms in total. The van der Waals surface area contributed by atoms with Crippen LogP contribution in [0.4, 0.5) is 4.79 Å². The largest absolute Gasteiger partial charge is 0.479 e. The van der Waals surface area contributed by atoms with Crippen molar-refractivity contribution in [2.24, 2.45) is 11.7 Å². The van der Waals surface area contributed by atoms with Gasteiger partial charge in [0.05, 0.1) is 12.1 Å². The number of Topliss-reactive ketones (excluding diaryl/α,β-unsaturated/α-hetero) is 1. The predicted molar refractivity (Wildman–Crippen MR) is 105 cm³/mol. The smallest absolute Gasteiger partial charge is 0.408 e. The number of alkyl carbamates (subject to hydrolysis) is 1. The van der Waals surface area contributed by atoms with Gasteiger partial charge in [-0.3, -0.25) is 4.79 Å². The number of ketones is 1. The number of ether oxygens (including phenoxy) is 1. The molecular weight excluding hydrogens is 364 g/mol. The minimum Gasteiger partial charge on any atom is -0.479 e. The minimum absolute atomic E-state index is 0.170. The Morgan fingerprint density at radius 2 is 1.75 bits per heavy atom. The maximum Gasteiger partial charge on any atom is 0.408 e. The number of aliphatic carboxylic acids is 1. The summed E-state index contributed by atoms with van der Waals surface area (Å²) in [5.41, 5.74) is 2.52. The van der Waals surface area contributed by atoms with E-state index in [1.165, 1.54) is 0 Å². The van der Waals surface area contributed by atoms with Crippen LogP contribution in [0.25, 0.3) is 0 Å². The molecule has 0 saturated heterocycles. The zero-order valence-electron chi connectivity index (χ0n) is 17.5. The molecular formula is C20H36N2O6. The molecule has 1 fully saturated rings. The van der Waals surface area contributed by atoms with E-state index in [0.29, 0.717) is 6.42 Å². The maximum absolute atomic E-state index is 13.0. The SMILES string of the molecule is CCC[C@H](NC(=O)OC(C)(C)C)C(=O)C(O)(C(=O)O)C(N)CC1CCCCC1. The van der Waals surface area contributed by atoms with E-state index in [2.05, 4.69) is 5.32 Å². The quantitative estimate of drug-likeness (QED) is 0.436. The predicted octanol–water partition coefficient (Wildman–Crippen LogP) is 2.36. The molecule has 1 aliphatic rings. The van der Waals surface area contributed by atoms with Crippen molar-refractivity contribution >= 4 is 17.8 Å². The van der Waals surface area contributed by atoms with E-state index in [1.807, 2.05) is 0 Å². The summed E-state index contributed by atoms with van der Waals surface area (Å²) in [5, 5.41) is 22.9. The summed E-state index contributed by atoms with van der Waals surface area (Å²) in [6.45, 7) is 6.82. The molecule has 1 saturated carbocycles. The van der Waals surface area contributed by atoms with Crippen LogP contribution in [0, 0.1) is 5.92 Å². The molecule has 0 aromatic rings. The first-order valence-electron chi connectivity index (χ1n) is 10.2. The minimum atomic E-state index is -2.76. The highest BCUT2D eigenvalue weighted by atomic mass is 16.6. The summed E-state index contributed by atoms with van der Waals surface area (Å²) < 4.78 is 5.16. The second kappa shape index (κ2) is 10.2. The van der Waals surface area contributed by atoms with Gasteiger partial charge in [-0.05, 0) is 39.5 Å². The number of carboxylic acids is 1. The summed E-state index contributed by atoms with van der Waals surface area (Å²) in [6, 6.07) is -2.45.